The molecule has 21 nitrogen and oxygen atoms in total. The highest BCUT2D eigenvalue weighted by Crippen LogP contribution is 2.69. The monoisotopic (exact) mass is 648 g/mol. The van der Waals surface area contributed by atoms with Crippen LogP contribution in [0.15, 0.2) is 0 Å². The lowest BCUT2D eigenvalue weighted by Crippen LogP contribution is -2.68. The molecule has 1 saturated heterocycles. The molecule has 246 valence electrons. The lowest BCUT2D eigenvalue weighted by atomic mass is 9.48. The number of carbonyl (C=O) groups is 12. The summed E-state index contributed by atoms with van der Waals surface area (Å²) < 4.78 is 22.0. The van der Waals surface area contributed by atoms with Gasteiger partial charge in [0, 0.05) is 27.7 Å². The molecule has 0 aromatic carbocycles. The molecule has 4 atom stereocenters. The maximum absolute atomic E-state index is 13.3. The molecule has 0 aliphatic carbocycles. The highest BCUT2D eigenvalue weighted by Gasteiger charge is 2.91. The normalized spacial score (nSPS) is 25.2. The molecular weight excluding hydrogens is 624 g/mol. The third-order valence-corrected chi connectivity index (χ3v) is 6.51. The fourth-order valence-corrected chi connectivity index (χ4v) is 5.21. The number of aliphatic carboxylic acids is 4. The first kappa shape index (κ1) is 37.4. The number of rotatable bonds is 12. The van der Waals surface area contributed by atoms with Crippen molar-refractivity contribution in [2.24, 2.45) is 10.8 Å². The second-order valence-electron chi connectivity index (χ2n) is 9.36. The van der Waals surface area contributed by atoms with Crippen molar-refractivity contribution in [2.75, 3.05) is 0 Å². The van der Waals surface area contributed by atoms with Crippen LogP contribution in [0.25, 0.3) is 0 Å². The van der Waals surface area contributed by atoms with E-state index in [2.05, 4.69) is 18.9 Å². The molecule has 0 aromatic rings. The predicted molar refractivity (Wildman–Crippen MR) is 128 cm³/mol. The first-order chi connectivity index (χ1) is 20.5. The zero-order valence-corrected chi connectivity index (χ0v) is 23.6. The van der Waals surface area contributed by atoms with Crippen LogP contribution < -0.4 is 0 Å². The van der Waals surface area contributed by atoms with Gasteiger partial charge < -0.3 is 44.1 Å². The fourth-order valence-electron chi connectivity index (χ4n) is 5.21. The van der Waals surface area contributed by atoms with E-state index in [1.165, 1.54) is 0 Å². The molecular formula is C24H24O21. The summed E-state index contributed by atoms with van der Waals surface area (Å²) in [5, 5.41) is 42.0. The van der Waals surface area contributed by atoms with E-state index in [0.29, 0.717) is 27.7 Å². The van der Waals surface area contributed by atoms with Crippen LogP contribution in [-0.2, 0) is 81.2 Å². The summed E-state index contributed by atoms with van der Waals surface area (Å²) in [6.07, 6.45) is -8.71. The Balaban J connectivity index is 4.70. The third kappa shape index (κ3) is 6.66. The molecule has 4 unspecified atom stereocenters. The second-order valence-corrected chi connectivity index (χ2v) is 9.36. The van der Waals surface area contributed by atoms with Gasteiger partial charge in [0.25, 0.3) is 0 Å². The molecule has 0 spiro atoms. The quantitative estimate of drug-likeness (QED) is 0.0983. The number of hydrogen-bond donors (Lipinski definition) is 4. The first-order valence-corrected chi connectivity index (χ1v) is 12.0. The van der Waals surface area contributed by atoms with Crippen LogP contribution in [0.5, 0.6) is 0 Å². The smallest absolute Gasteiger partial charge is 0.337 e. The van der Waals surface area contributed by atoms with Gasteiger partial charge in [0.05, 0.1) is 25.7 Å². The summed E-state index contributed by atoms with van der Waals surface area (Å²) in [5.74, 6) is -25.4. The van der Waals surface area contributed by atoms with Gasteiger partial charge in [-0.3, -0.25) is 47.9 Å². The Morgan fingerprint density at radius 1 is 0.422 bits per heavy atom. The summed E-state index contributed by atoms with van der Waals surface area (Å²) >= 11 is 0. The highest BCUT2D eigenvalue weighted by molar-refractivity contribution is 6.08. The Kier molecular flexibility index (Phi) is 11.1. The lowest BCUT2D eigenvalue weighted by molar-refractivity contribution is -0.208. The molecule has 1 fully saturated rings. The van der Waals surface area contributed by atoms with E-state index in [-0.39, 0.29) is 0 Å². The summed E-state index contributed by atoms with van der Waals surface area (Å²) in [5.41, 5.74) is -17.1. The van der Waals surface area contributed by atoms with Crippen LogP contribution in [-0.4, -0.2) is 103 Å². The molecule has 4 N–H and O–H groups in total. The molecule has 1 aliphatic rings. The summed E-state index contributed by atoms with van der Waals surface area (Å²) in [6, 6.07) is 0. The molecule has 0 amide bonds. The van der Waals surface area contributed by atoms with Crippen LogP contribution in [0.4, 0.5) is 0 Å². The van der Waals surface area contributed by atoms with Crippen molar-refractivity contribution < 1.29 is 102 Å². The Morgan fingerprint density at radius 2 is 0.644 bits per heavy atom. The summed E-state index contributed by atoms with van der Waals surface area (Å²) in [6.45, 7) is 2.32. The maximum Gasteiger partial charge on any atom is 0.337 e. The van der Waals surface area contributed by atoms with Crippen LogP contribution in [0.3, 0.4) is 0 Å². The Hall–Kier alpha value is -5.60. The molecule has 1 aliphatic heterocycles. The van der Waals surface area contributed by atoms with Gasteiger partial charge in [0.1, 0.15) is 10.8 Å². The van der Waals surface area contributed by atoms with E-state index in [9.17, 15) is 78.0 Å². The second kappa shape index (κ2) is 13.4. The SMILES string of the molecule is CC(=O)OC(=O)CC1(C(=O)O)OC(CC(=O)OC(C)=O)(C(=O)O)C(CC(=O)OC(C)=O)(C(=O)O)C1(CC(=O)OC(C)=O)C(=O)O. The van der Waals surface area contributed by atoms with Crippen molar-refractivity contribution in [3.8, 4) is 0 Å². The highest BCUT2D eigenvalue weighted by atomic mass is 16.6. The van der Waals surface area contributed by atoms with Crippen LogP contribution in [0, 0.1) is 10.8 Å². The molecule has 21 heteroatoms. The van der Waals surface area contributed by atoms with Gasteiger partial charge in [-0.2, -0.15) is 0 Å². The average Bonchev–Trinajstić information content (AvgIpc) is 3.02. The zero-order valence-electron chi connectivity index (χ0n) is 23.6. The van der Waals surface area contributed by atoms with Gasteiger partial charge in [-0.25, -0.2) is 9.59 Å². The third-order valence-electron chi connectivity index (χ3n) is 6.51. The van der Waals surface area contributed by atoms with Gasteiger partial charge in [-0.05, 0) is 0 Å². The van der Waals surface area contributed by atoms with Crippen LogP contribution in [0.2, 0.25) is 0 Å². The van der Waals surface area contributed by atoms with Gasteiger partial charge in [-0.1, -0.05) is 0 Å². The van der Waals surface area contributed by atoms with Crippen molar-refractivity contribution in [3.63, 3.8) is 0 Å². The number of carboxylic acid groups (broad SMARTS) is 4. The first-order valence-electron chi connectivity index (χ1n) is 12.0. The molecule has 0 aromatic heterocycles. The predicted octanol–water partition coefficient (Wildman–Crippen LogP) is -2.28. The van der Waals surface area contributed by atoms with Gasteiger partial charge in [0.2, 0.25) is 0 Å². The summed E-state index contributed by atoms with van der Waals surface area (Å²) in [7, 11) is 0. The zero-order chi connectivity index (χ0) is 35.3. The lowest BCUT2D eigenvalue weighted by Gasteiger charge is -2.45. The minimum atomic E-state index is -4.33. The number of carbonyl (C=O) groups excluding carboxylic acids is 8. The average molecular weight is 648 g/mol. The van der Waals surface area contributed by atoms with Crippen LogP contribution >= 0.6 is 0 Å². The van der Waals surface area contributed by atoms with Crippen molar-refractivity contribution in [2.45, 2.75) is 64.6 Å². The number of hydrogen-bond acceptors (Lipinski definition) is 17. The fraction of sp³-hybridized carbons (Fsp3) is 0.500. The molecule has 0 radical (unpaired) electrons. The standard InChI is InChI=1S/C24H24O21/c1-9(25)41-13(29)5-21(17(33)34)22(18(35)36,6-14(30)42-10(2)26)24(20(39)40,8-16(32)44-12(4)28)45-23(21,19(37)38)7-15(31)43-11(3)27/h5-8H2,1-4H3,(H,33,34)(H,35,36)(H,37,38)(H,39,40). The Morgan fingerprint density at radius 3 is 0.822 bits per heavy atom. The molecule has 45 heavy (non-hydrogen) atoms. The van der Waals surface area contributed by atoms with E-state index in [1.54, 1.807) is 0 Å². The maximum atomic E-state index is 13.3. The topological polar surface area (TPSA) is 332 Å². The van der Waals surface area contributed by atoms with Gasteiger partial charge in [0.15, 0.2) is 11.2 Å². The van der Waals surface area contributed by atoms with Crippen molar-refractivity contribution in [1.82, 2.24) is 0 Å². The Labute approximate surface area is 249 Å². The van der Waals surface area contributed by atoms with Crippen molar-refractivity contribution in [1.29, 1.82) is 0 Å². The molecule has 0 bridgehead atoms. The molecule has 0 saturated carbocycles. The number of esters is 8. The Bertz CT molecular complexity index is 1300. The van der Waals surface area contributed by atoms with E-state index < -0.39 is 119 Å². The van der Waals surface area contributed by atoms with E-state index >= 15 is 0 Å². The van der Waals surface area contributed by atoms with Crippen LogP contribution in [0.1, 0.15) is 53.4 Å². The number of carboxylic acids is 4. The largest absolute Gasteiger partial charge is 0.481 e. The van der Waals surface area contributed by atoms with E-state index in [1.807, 2.05) is 0 Å². The molecule has 1 rings (SSSR count). The summed E-state index contributed by atoms with van der Waals surface area (Å²) in [4.78, 5) is 149. The minimum absolute atomic E-state index is 0.569. The van der Waals surface area contributed by atoms with Crippen molar-refractivity contribution >= 4 is 71.6 Å². The van der Waals surface area contributed by atoms with Crippen molar-refractivity contribution in [3.05, 3.63) is 0 Å². The van der Waals surface area contributed by atoms with E-state index in [4.69, 9.17) is 4.74 Å². The van der Waals surface area contributed by atoms with Gasteiger partial charge >= 0.3 is 71.6 Å². The minimum Gasteiger partial charge on any atom is -0.481 e. The van der Waals surface area contributed by atoms with Gasteiger partial charge in [-0.15, -0.1) is 0 Å². The van der Waals surface area contributed by atoms with E-state index in [0.717, 1.165) is 0 Å². The number of ether oxygens (including phenoxy) is 5. The molecule has 1 heterocycles.